The highest BCUT2D eigenvalue weighted by atomic mass is 16.5. The topological polar surface area (TPSA) is 41.9 Å². The molecule has 2 aliphatic carbocycles. The number of hydrogen-bond acceptors (Lipinski definition) is 4. The molecular weight excluding hydrogens is 302 g/mol. The van der Waals surface area contributed by atoms with Gasteiger partial charge in [0.25, 0.3) is 0 Å². The predicted octanol–water partition coefficient (Wildman–Crippen LogP) is 2.29. The zero-order chi connectivity index (χ0) is 16.6. The summed E-state index contributed by atoms with van der Waals surface area (Å²) in [5, 5.41) is 10.8. The zero-order valence-electron chi connectivity index (χ0n) is 14.8. The highest BCUT2D eigenvalue weighted by molar-refractivity contribution is 5.63. The van der Waals surface area contributed by atoms with Gasteiger partial charge in [0.1, 0.15) is 6.10 Å². The van der Waals surface area contributed by atoms with E-state index in [2.05, 4.69) is 24.9 Å². The molecule has 2 fully saturated rings. The van der Waals surface area contributed by atoms with E-state index in [0.717, 1.165) is 50.1 Å². The van der Waals surface area contributed by atoms with Crippen molar-refractivity contribution < 1.29 is 14.6 Å². The van der Waals surface area contributed by atoms with Gasteiger partial charge >= 0.3 is 0 Å². The first kappa shape index (κ1) is 15.0. The minimum atomic E-state index is -0.363. The number of hydrogen-bond donors (Lipinski definition) is 1. The van der Waals surface area contributed by atoms with E-state index in [1.165, 1.54) is 16.7 Å². The van der Waals surface area contributed by atoms with Crippen LogP contribution in [0.25, 0.3) is 0 Å². The minimum absolute atomic E-state index is 0.00375. The summed E-state index contributed by atoms with van der Waals surface area (Å²) in [6.07, 6.45) is 4.72. The Hall–Kier alpha value is -1.26. The summed E-state index contributed by atoms with van der Waals surface area (Å²) in [4.78, 5) is 2.55. The number of likely N-dealkylation sites (N-methyl/N-ethyl adjacent to an activating group) is 1. The molecule has 4 nitrogen and oxygen atoms in total. The highest BCUT2D eigenvalue weighted by Crippen LogP contribution is 2.64. The molecule has 1 spiro atoms. The van der Waals surface area contributed by atoms with Crippen molar-refractivity contribution in [2.45, 2.75) is 62.7 Å². The van der Waals surface area contributed by atoms with Crippen molar-refractivity contribution in [3.05, 3.63) is 22.8 Å². The lowest BCUT2D eigenvalue weighted by atomic mass is 9.51. The predicted molar refractivity (Wildman–Crippen MR) is 91.9 cm³/mol. The molecule has 130 valence electrons. The number of aryl methyl sites for hydroxylation is 1. The van der Waals surface area contributed by atoms with E-state index in [9.17, 15) is 5.11 Å². The van der Waals surface area contributed by atoms with Crippen molar-refractivity contribution in [2.24, 2.45) is 5.92 Å². The van der Waals surface area contributed by atoms with Crippen LogP contribution in [-0.4, -0.2) is 49.0 Å². The number of benzene rings is 1. The fourth-order valence-corrected chi connectivity index (χ4v) is 6.32. The number of ether oxygens (including phenoxy) is 2. The molecular formula is C20H27NO3. The lowest BCUT2D eigenvalue weighted by Crippen LogP contribution is -2.66. The maximum atomic E-state index is 10.8. The molecule has 5 rings (SSSR count). The Morgan fingerprint density at radius 3 is 3.00 bits per heavy atom. The van der Waals surface area contributed by atoms with E-state index >= 15 is 0 Å². The van der Waals surface area contributed by atoms with Crippen LogP contribution in [0.2, 0.25) is 0 Å². The highest BCUT2D eigenvalue weighted by Gasteiger charge is 2.65. The summed E-state index contributed by atoms with van der Waals surface area (Å²) < 4.78 is 12.1. The molecule has 0 amide bonds. The van der Waals surface area contributed by atoms with Crippen LogP contribution in [0.3, 0.4) is 0 Å². The Labute approximate surface area is 143 Å². The molecule has 4 heteroatoms. The Bertz CT molecular complexity index is 703. The first-order chi connectivity index (χ1) is 11.6. The summed E-state index contributed by atoms with van der Waals surface area (Å²) in [5.74, 6) is 2.39. The zero-order valence-corrected chi connectivity index (χ0v) is 14.8. The molecule has 0 aromatic heterocycles. The summed E-state index contributed by atoms with van der Waals surface area (Å²) in [6.45, 7) is 3.31. The van der Waals surface area contributed by atoms with Crippen LogP contribution in [0.1, 0.15) is 42.9 Å². The molecule has 24 heavy (non-hydrogen) atoms. The van der Waals surface area contributed by atoms with Gasteiger partial charge in [0.15, 0.2) is 11.5 Å². The van der Waals surface area contributed by atoms with Crippen LogP contribution in [0, 0.1) is 5.92 Å². The van der Waals surface area contributed by atoms with Gasteiger partial charge in [-0.15, -0.1) is 0 Å². The molecule has 1 aromatic carbocycles. The van der Waals surface area contributed by atoms with Crippen LogP contribution in [0.5, 0.6) is 11.5 Å². The van der Waals surface area contributed by atoms with Gasteiger partial charge in [-0.05, 0) is 68.8 Å². The van der Waals surface area contributed by atoms with Crippen molar-refractivity contribution in [1.29, 1.82) is 0 Å². The number of aliphatic hydroxyl groups excluding tert-OH is 1. The number of aliphatic hydroxyl groups is 1. The fraction of sp³-hybridized carbons (Fsp3) is 0.700. The van der Waals surface area contributed by atoms with Crippen LogP contribution in [0.15, 0.2) is 6.07 Å². The molecule has 2 bridgehead atoms. The first-order valence-corrected chi connectivity index (χ1v) is 9.40. The second kappa shape index (κ2) is 4.89. The van der Waals surface area contributed by atoms with Crippen LogP contribution in [-0.2, 0) is 18.3 Å². The second-order valence-corrected chi connectivity index (χ2v) is 8.11. The standard InChI is InChI=1S/C20H27NO3/c1-4-11-9-16(23-3)18-17-12(11)10-14-13-5-6-15(22)19(24-18)20(13,17)7-8-21(14)2/h9,13-15,19,22H,4-8,10H2,1-3H3/t13-,14+,15-,19-,20-/m0/s1. The smallest absolute Gasteiger partial charge is 0.165 e. The van der Waals surface area contributed by atoms with Crippen LogP contribution >= 0.6 is 0 Å². The normalized spacial score (nSPS) is 39.3. The molecule has 1 saturated heterocycles. The molecule has 2 heterocycles. The SMILES string of the molecule is CCc1cc(OC)c2c3c1C[C@@H]1[C@@H]4CC[C@H](O)[C@H](O2)[C@]34CCN1C. The van der Waals surface area contributed by atoms with Gasteiger partial charge < -0.3 is 19.5 Å². The van der Waals surface area contributed by atoms with E-state index < -0.39 is 0 Å². The third-order valence-corrected chi connectivity index (χ3v) is 7.37. The van der Waals surface area contributed by atoms with Gasteiger partial charge in [0, 0.05) is 17.0 Å². The van der Waals surface area contributed by atoms with Crippen molar-refractivity contribution in [1.82, 2.24) is 4.90 Å². The molecule has 4 aliphatic rings. The second-order valence-electron chi connectivity index (χ2n) is 8.11. The Balaban J connectivity index is 1.82. The van der Waals surface area contributed by atoms with Crippen LogP contribution in [0.4, 0.5) is 0 Å². The maximum Gasteiger partial charge on any atom is 0.165 e. The Kier molecular flexibility index (Phi) is 3.06. The van der Waals surface area contributed by atoms with Gasteiger partial charge in [-0.25, -0.2) is 0 Å². The summed E-state index contributed by atoms with van der Waals surface area (Å²) in [5.41, 5.74) is 4.28. The number of piperidine rings is 1. The average Bonchev–Trinajstić information content (AvgIpc) is 2.94. The molecule has 0 radical (unpaired) electrons. The van der Waals surface area contributed by atoms with Gasteiger partial charge in [-0.1, -0.05) is 6.92 Å². The Morgan fingerprint density at radius 1 is 1.42 bits per heavy atom. The third kappa shape index (κ3) is 1.57. The van der Waals surface area contributed by atoms with Gasteiger partial charge in [0.05, 0.1) is 13.2 Å². The monoisotopic (exact) mass is 329 g/mol. The molecule has 1 aromatic rings. The van der Waals surface area contributed by atoms with Crippen molar-refractivity contribution in [3.8, 4) is 11.5 Å². The minimum Gasteiger partial charge on any atom is -0.493 e. The molecule has 2 aliphatic heterocycles. The van der Waals surface area contributed by atoms with E-state index in [1.54, 1.807) is 7.11 Å². The lowest BCUT2D eigenvalue weighted by molar-refractivity contribution is -0.0994. The van der Waals surface area contributed by atoms with Gasteiger partial charge in [0.2, 0.25) is 0 Å². The molecule has 5 atom stereocenters. The van der Waals surface area contributed by atoms with Crippen molar-refractivity contribution in [2.75, 3.05) is 20.7 Å². The molecule has 1 N–H and O–H groups in total. The largest absolute Gasteiger partial charge is 0.493 e. The number of likely N-dealkylation sites (tertiary alicyclic amines) is 1. The third-order valence-electron chi connectivity index (χ3n) is 7.37. The van der Waals surface area contributed by atoms with Gasteiger partial charge in [-0.2, -0.15) is 0 Å². The van der Waals surface area contributed by atoms with E-state index in [1.807, 2.05) is 0 Å². The number of nitrogens with zero attached hydrogens (tertiary/aromatic N) is 1. The summed E-state index contributed by atoms with van der Waals surface area (Å²) >= 11 is 0. The lowest BCUT2D eigenvalue weighted by Gasteiger charge is -2.58. The fourth-order valence-electron chi connectivity index (χ4n) is 6.32. The summed E-state index contributed by atoms with van der Waals surface area (Å²) in [6, 6.07) is 2.75. The van der Waals surface area contributed by atoms with Crippen molar-refractivity contribution >= 4 is 0 Å². The number of rotatable bonds is 2. The Morgan fingerprint density at radius 2 is 2.25 bits per heavy atom. The summed E-state index contributed by atoms with van der Waals surface area (Å²) in [7, 11) is 4.00. The van der Waals surface area contributed by atoms with Gasteiger partial charge in [-0.3, -0.25) is 0 Å². The van der Waals surface area contributed by atoms with E-state index in [0.29, 0.717) is 12.0 Å². The van der Waals surface area contributed by atoms with Crippen LogP contribution < -0.4 is 9.47 Å². The molecule has 1 saturated carbocycles. The average molecular weight is 329 g/mol. The molecule has 0 unspecified atom stereocenters. The van der Waals surface area contributed by atoms with E-state index in [4.69, 9.17) is 9.47 Å². The first-order valence-electron chi connectivity index (χ1n) is 9.40. The number of methoxy groups -OCH3 is 1. The van der Waals surface area contributed by atoms with E-state index in [-0.39, 0.29) is 17.6 Å². The quantitative estimate of drug-likeness (QED) is 0.904. The maximum absolute atomic E-state index is 10.8. The van der Waals surface area contributed by atoms with Crippen molar-refractivity contribution in [3.63, 3.8) is 0 Å².